The van der Waals surface area contributed by atoms with E-state index in [1.165, 1.54) is 11.1 Å². The Morgan fingerprint density at radius 2 is 1.84 bits per heavy atom. The maximum Gasteiger partial charge on any atom is 0.328 e. The third-order valence-electron chi connectivity index (χ3n) is 6.35. The van der Waals surface area contributed by atoms with Crippen LogP contribution in [-0.4, -0.2) is 41.9 Å². The predicted molar refractivity (Wildman–Crippen MR) is 132 cm³/mol. The SMILES string of the molecule is CCCC(CN(C)CCC(=O)/C=C\C(=O)O)C(C)(C1=CC=C(Cl)CC1)c1ccc(Cl)cc1. The average molecular weight is 478 g/mol. The van der Waals surface area contributed by atoms with Gasteiger partial charge in [0.2, 0.25) is 0 Å². The zero-order chi connectivity index (χ0) is 23.7. The van der Waals surface area contributed by atoms with Crippen molar-refractivity contribution < 1.29 is 14.7 Å². The highest BCUT2D eigenvalue weighted by Gasteiger charge is 2.39. The number of ketones is 1. The van der Waals surface area contributed by atoms with Gasteiger partial charge >= 0.3 is 5.97 Å². The molecule has 2 rings (SSSR count). The van der Waals surface area contributed by atoms with Gasteiger partial charge < -0.3 is 10.0 Å². The fourth-order valence-corrected chi connectivity index (χ4v) is 4.73. The molecule has 6 heteroatoms. The number of allylic oxidation sites excluding steroid dienone is 5. The van der Waals surface area contributed by atoms with E-state index in [0.717, 1.165) is 49.4 Å². The first-order chi connectivity index (χ1) is 15.2. The summed E-state index contributed by atoms with van der Waals surface area (Å²) >= 11 is 12.4. The zero-order valence-electron chi connectivity index (χ0n) is 19.1. The summed E-state index contributed by atoms with van der Waals surface area (Å²) in [5, 5.41) is 10.3. The van der Waals surface area contributed by atoms with Gasteiger partial charge in [-0.3, -0.25) is 4.79 Å². The molecule has 1 aliphatic carbocycles. The van der Waals surface area contributed by atoms with Crippen molar-refractivity contribution in [2.24, 2.45) is 5.92 Å². The summed E-state index contributed by atoms with van der Waals surface area (Å²) in [4.78, 5) is 24.8. The van der Waals surface area contributed by atoms with Gasteiger partial charge in [0.15, 0.2) is 5.78 Å². The molecule has 0 aromatic heterocycles. The summed E-state index contributed by atoms with van der Waals surface area (Å²) in [5.41, 5.74) is 2.39. The molecule has 32 heavy (non-hydrogen) atoms. The first kappa shape index (κ1) is 26.4. The molecule has 2 atom stereocenters. The highest BCUT2D eigenvalue weighted by atomic mass is 35.5. The number of carboxylic acids is 1. The first-order valence-corrected chi connectivity index (χ1v) is 11.9. The van der Waals surface area contributed by atoms with E-state index in [1.54, 1.807) is 0 Å². The number of carbonyl (C=O) groups is 2. The summed E-state index contributed by atoms with van der Waals surface area (Å²) in [6, 6.07) is 8.13. The highest BCUT2D eigenvalue weighted by molar-refractivity contribution is 6.30. The normalized spacial score (nSPS) is 17.1. The van der Waals surface area contributed by atoms with E-state index in [4.69, 9.17) is 28.3 Å². The molecule has 1 N–H and O–H groups in total. The molecular formula is C26H33Cl2NO3. The molecule has 0 amide bonds. The molecule has 1 aliphatic rings. The van der Waals surface area contributed by atoms with E-state index in [-0.39, 0.29) is 17.6 Å². The van der Waals surface area contributed by atoms with Gasteiger partial charge in [-0.1, -0.05) is 67.3 Å². The Labute approximate surface area is 201 Å². The lowest BCUT2D eigenvalue weighted by Gasteiger charge is -2.43. The number of aliphatic carboxylic acids is 1. The number of halogens is 2. The van der Waals surface area contributed by atoms with Crippen molar-refractivity contribution in [3.05, 3.63) is 69.8 Å². The van der Waals surface area contributed by atoms with Crippen molar-refractivity contribution in [1.29, 1.82) is 0 Å². The Bertz CT molecular complexity index is 889. The van der Waals surface area contributed by atoms with Crippen molar-refractivity contribution in [3.8, 4) is 0 Å². The molecule has 0 aliphatic heterocycles. The van der Waals surface area contributed by atoms with Gasteiger partial charge in [0.05, 0.1) is 0 Å². The average Bonchev–Trinajstić information content (AvgIpc) is 2.76. The van der Waals surface area contributed by atoms with Crippen LogP contribution in [-0.2, 0) is 15.0 Å². The minimum Gasteiger partial charge on any atom is -0.478 e. The van der Waals surface area contributed by atoms with Crippen LogP contribution in [0.25, 0.3) is 0 Å². The van der Waals surface area contributed by atoms with E-state index < -0.39 is 5.97 Å². The van der Waals surface area contributed by atoms with Crippen molar-refractivity contribution in [3.63, 3.8) is 0 Å². The van der Waals surface area contributed by atoms with Crippen LogP contribution in [0.15, 0.2) is 59.2 Å². The molecule has 0 saturated carbocycles. The van der Waals surface area contributed by atoms with Crippen LogP contribution in [0.2, 0.25) is 5.02 Å². The summed E-state index contributed by atoms with van der Waals surface area (Å²) < 4.78 is 0. The van der Waals surface area contributed by atoms with Crippen LogP contribution in [0.1, 0.15) is 51.5 Å². The fourth-order valence-electron chi connectivity index (χ4n) is 4.45. The van der Waals surface area contributed by atoms with Crippen LogP contribution in [0.4, 0.5) is 0 Å². The molecule has 174 valence electrons. The maximum absolute atomic E-state index is 12.0. The van der Waals surface area contributed by atoms with Gasteiger partial charge in [0.1, 0.15) is 0 Å². The van der Waals surface area contributed by atoms with Crippen molar-refractivity contribution >= 4 is 35.0 Å². The number of rotatable bonds is 12. The quantitative estimate of drug-likeness (QED) is 0.354. The maximum atomic E-state index is 12.0. The Hall–Kier alpha value is -1.88. The Kier molecular flexibility index (Phi) is 10.2. The molecule has 0 spiro atoms. The van der Waals surface area contributed by atoms with Crippen LogP contribution in [0.3, 0.4) is 0 Å². The molecular weight excluding hydrogens is 445 g/mol. The molecule has 0 saturated heterocycles. The third-order valence-corrected chi connectivity index (χ3v) is 6.91. The van der Waals surface area contributed by atoms with E-state index in [9.17, 15) is 9.59 Å². The second kappa shape index (κ2) is 12.4. The number of hydrogen-bond acceptors (Lipinski definition) is 3. The minimum atomic E-state index is -1.11. The van der Waals surface area contributed by atoms with Crippen LogP contribution < -0.4 is 0 Å². The summed E-state index contributed by atoms with van der Waals surface area (Å²) in [6.07, 6.45) is 10.3. The lowest BCUT2D eigenvalue weighted by Crippen LogP contribution is -2.41. The lowest BCUT2D eigenvalue weighted by molar-refractivity contribution is -0.131. The van der Waals surface area contributed by atoms with E-state index in [0.29, 0.717) is 17.5 Å². The largest absolute Gasteiger partial charge is 0.478 e. The smallest absolute Gasteiger partial charge is 0.328 e. The molecule has 0 radical (unpaired) electrons. The summed E-state index contributed by atoms with van der Waals surface area (Å²) in [5.74, 6) is -0.968. The molecule has 4 nitrogen and oxygen atoms in total. The van der Waals surface area contributed by atoms with Gasteiger partial charge in [-0.05, 0) is 62.1 Å². The van der Waals surface area contributed by atoms with Crippen molar-refractivity contribution in [2.75, 3.05) is 20.1 Å². The van der Waals surface area contributed by atoms with Crippen LogP contribution in [0.5, 0.6) is 0 Å². The molecule has 0 bridgehead atoms. The van der Waals surface area contributed by atoms with Crippen LogP contribution >= 0.6 is 23.2 Å². The lowest BCUT2D eigenvalue weighted by atomic mass is 9.63. The van der Waals surface area contributed by atoms with Gasteiger partial charge in [0, 0.05) is 41.1 Å². The first-order valence-electron chi connectivity index (χ1n) is 11.1. The third kappa shape index (κ3) is 7.33. The summed E-state index contributed by atoms with van der Waals surface area (Å²) in [6.45, 7) is 5.90. The van der Waals surface area contributed by atoms with Gasteiger partial charge in [-0.15, -0.1) is 0 Å². The minimum absolute atomic E-state index is 0.179. The van der Waals surface area contributed by atoms with Gasteiger partial charge in [-0.25, -0.2) is 4.79 Å². The summed E-state index contributed by atoms with van der Waals surface area (Å²) in [7, 11) is 2.02. The number of carboxylic acid groups (broad SMARTS) is 1. The molecule has 0 fully saturated rings. The second-order valence-electron chi connectivity index (χ2n) is 8.65. The predicted octanol–water partition coefficient (Wildman–Crippen LogP) is 6.39. The van der Waals surface area contributed by atoms with E-state index >= 15 is 0 Å². The molecule has 1 aromatic carbocycles. The number of benzene rings is 1. The fraction of sp³-hybridized carbons (Fsp3) is 0.462. The molecule has 1 aromatic rings. The second-order valence-corrected chi connectivity index (χ2v) is 9.57. The van der Waals surface area contributed by atoms with E-state index in [1.807, 2.05) is 25.3 Å². The topological polar surface area (TPSA) is 57.6 Å². The highest BCUT2D eigenvalue weighted by Crippen LogP contribution is 2.45. The van der Waals surface area contributed by atoms with Gasteiger partial charge in [-0.2, -0.15) is 0 Å². The number of nitrogens with zero attached hydrogens (tertiary/aromatic N) is 1. The number of hydrogen-bond donors (Lipinski definition) is 1. The molecule has 2 unspecified atom stereocenters. The zero-order valence-corrected chi connectivity index (χ0v) is 20.6. The Morgan fingerprint density at radius 1 is 1.16 bits per heavy atom. The Balaban J connectivity index is 2.28. The van der Waals surface area contributed by atoms with Gasteiger partial charge in [0.25, 0.3) is 0 Å². The van der Waals surface area contributed by atoms with Crippen molar-refractivity contribution in [2.45, 2.75) is 51.4 Å². The van der Waals surface area contributed by atoms with Crippen molar-refractivity contribution in [1.82, 2.24) is 4.90 Å². The number of carbonyl (C=O) groups excluding carboxylic acids is 1. The monoisotopic (exact) mass is 477 g/mol. The van der Waals surface area contributed by atoms with E-state index in [2.05, 4.69) is 37.0 Å². The Morgan fingerprint density at radius 3 is 2.41 bits per heavy atom. The standard InChI is InChI=1S/C26H33Cl2NO3/c1-4-5-21(18-29(3)17-16-24(30)14-15-25(31)32)26(2,19-6-10-22(27)11-7-19)20-8-12-23(28)13-9-20/h6-8,10-12,14-15,21H,4-5,9,13,16-18H2,1-3H3,(H,31,32)/b15-14-. The van der Waals surface area contributed by atoms with Crippen LogP contribution in [0, 0.1) is 5.92 Å². The molecule has 0 heterocycles.